The molecular formula is C14H13BrFN5O2. The molecule has 1 aromatic carbocycles. The van der Waals surface area contributed by atoms with Gasteiger partial charge in [0.1, 0.15) is 11.5 Å². The summed E-state index contributed by atoms with van der Waals surface area (Å²) in [5.41, 5.74) is 1.97. The van der Waals surface area contributed by atoms with Gasteiger partial charge in [-0.25, -0.2) is 14.1 Å². The third-order valence-electron chi connectivity index (χ3n) is 3.07. The van der Waals surface area contributed by atoms with Crippen molar-refractivity contribution in [1.82, 2.24) is 20.3 Å². The number of aliphatic hydroxyl groups excluding tert-OH is 1. The van der Waals surface area contributed by atoms with Crippen molar-refractivity contribution in [2.24, 2.45) is 4.99 Å². The molecule has 120 valence electrons. The standard InChI is InChI=1S/C14H13BrFN5O2/c15-12-3-11(1-2-13(12)16)21-6-10(19-20-21)8-23-14-17-4-9(7-22)5-18-14/h1-6,14,17,22H,7-8H2. The van der Waals surface area contributed by atoms with Crippen LogP contribution in [0.4, 0.5) is 4.39 Å². The number of rotatable bonds is 5. The van der Waals surface area contributed by atoms with Gasteiger partial charge in [-0.2, -0.15) is 0 Å². The largest absolute Gasteiger partial charge is 0.392 e. The molecule has 1 atom stereocenters. The molecule has 0 radical (unpaired) electrons. The molecule has 1 aliphatic heterocycles. The van der Waals surface area contributed by atoms with E-state index in [1.165, 1.54) is 10.7 Å². The first kappa shape index (κ1) is 15.8. The summed E-state index contributed by atoms with van der Waals surface area (Å²) < 4.78 is 20.7. The van der Waals surface area contributed by atoms with Crippen LogP contribution >= 0.6 is 15.9 Å². The Hall–Kier alpha value is -2.10. The number of nitrogens with one attached hydrogen (secondary N) is 1. The van der Waals surface area contributed by atoms with Crippen LogP contribution < -0.4 is 5.32 Å². The number of aliphatic hydroxyl groups is 1. The lowest BCUT2D eigenvalue weighted by atomic mass is 10.3. The summed E-state index contributed by atoms with van der Waals surface area (Å²) in [5, 5.41) is 19.8. The second-order valence-electron chi connectivity index (χ2n) is 4.74. The number of halogens is 2. The fourth-order valence-corrected chi connectivity index (χ4v) is 2.25. The molecule has 2 N–H and O–H groups in total. The molecule has 1 unspecified atom stereocenters. The molecule has 0 spiro atoms. The molecule has 0 saturated heterocycles. The molecule has 0 fully saturated rings. The average Bonchev–Trinajstić information content (AvgIpc) is 3.05. The SMILES string of the molecule is OCC1=CNC(OCc2cn(-c3ccc(F)c(Br)c3)nn2)N=C1. The van der Waals surface area contributed by atoms with Crippen LogP contribution in [0.15, 0.2) is 45.6 Å². The van der Waals surface area contributed by atoms with Gasteiger partial charge in [0.2, 0.25) is 6.35 Å². The lowest BCUT2D eigenvalue weighted by Gasteiger charge is -2.17. The van der Waals surface area contributed by atoms with Crippen molar-refractivity contribution in [3.05, 3.63) is 52.2 Å². The van der Waals surface area contributed by atoms with E-state index in [1.54, 1.807) is 30.7 Å². The maximum atomic E-state index is 13.2. The Bertz CT molecular complexity index is 761. The van der Waals surface area contributed by atoms with Gasteiger partial charge in [-0.15, -0.1) is 5.10 Å². The van der Waals surface area contributed by atoms with Crippen molar-refractivity contribution in [3.8, 4) is 5.69 Å². The highest BCUT2D eigenvalue weighted by Crippen LogP contribution is 2.19. The zero-order chi connectivity index (χ0) is 16.2. The van der Waals surface area contributed by atoms with Gasteiger partial charge in [0.05, 0.1) is 29.6 Å². The number of hydrogen-bond acceptors (Lipinski definition) is 6. The summed E-state index contributed by atoms with van der Waals surface area (Å²) in [4.78, 5) is 4.09. The smallest absolute Gasteiger partial charge is 0.225 e. The number of aromatic nitrogens is 3. The number of nitrogens with zero attached hydrogens (tertiary/aromatic N) is 4. The Morgan fingerprint density at radius 1 is 1.43 bits per heavy atom. The zero-order valence-electron chi connectivity index (χ0n) is 11.9. The number of benzene rings is 1. The maximum absolute atomic E-state index is 13.2. The van der Waals surface area contributed by atoms with E-state index in [0.29, 0.717) is 21.4 Å². The third-order valence-corrected chi connectivity index (χ3v) is 3.67. The van der Waals surface area contributed by atoms with Crippen LogP contribution in [-0.2, 0) is 11.3 Å². The molecule has 23 heavy (non-hydrogen) atoms. The highest BCUT2D eigenvalue weighted by atomic mass is 79.9. The molecule has 0 amide bonds. The quantitative estimate of drug-likeness (QED) is 0.819. The van der Waals surface area contributed by atoms with Gasteiger partial charge in [0.15, 0.2) is 0 Å². The molecule has 7 nitrogen and oxygen atoms in total. The lowest BCUT2D eigenvalue weighted by Crippen LogP contribution is -2.29. The molecule has 2 aromatic rings. The molecule has 2 heterocycles. The first-order valence-corrected chi connectivity index (χ1v) is 7.52. The molecule has 1 aromatic heterocycles. The molecule has 0 aliphatic carbocycles. The van der Waals surface area contributed by atoms with Crippen LogP contribution in [0, 0.1) is 5.82 Å². The predicted molar refractivity (Wildman–Crippen MR) is 84.4 cm³/mol. The van der Waals surface area contributed by atoms with Gasteiger partial charge in [-0.3, -0.25) is 0 Å². The van der Waals surface area contributed by atoms with Crippen LogP contribution in [0.1, 0.15) is 5.69 Å². The first-order valence-electron chi connectivity index (χ1n) is 6.73. The van der Waals surface area contributed by atoms with Gasteiger partial charge in [0.25, 0.3) is 0 Å². The Morgan fingerprint density at radius 3 is 3.00 bits per heavy atom. The first-order chi connectivity index (χ1) is 11.2. The van der Waals surface area contributed by atoms with Crippen LogP contribution in [0.5, 0.6) is 0 Å². The summed E-state index contributed by atoms with van der Waals surface area (Å²) in [6.45, 7) is 0.129. The minimum atomic E-state index is -0.532. The highest BCUT2D eigenvalue weighted by molar-refractivity contribution is 9.10. The minimum absolute atomic E-state index is 0.0786. The van der Waals surface area contributed by atoms with Crippen LogP contribution in [0.25, 0.3) is 5.69 Å². The van der Waals surface area contributed by atoms with Crippen molar-refractivity contribution < 1.29 is 14.2 Å². The second kappa shape index (κ2) is 6.99. The fraction of sp³-hybridized carbons (Fsp3) is 0.214. The monoisotopic (exact) mass is 381 g/mol. The van der Waals surface area contributed by atoms with Crippen molar-refractivity contribution in [2.75, 3.05) is 6.61 Å². The Kier molecular flexibility index (Phi) is 4.79. The molecule has 1 aliphatic rings. The van der Waals surface area contributed by atoms with Gasteiger partial charge >= 0.3 is 0 Å². The summed E-state index contributed by atoms with van der Waals surface area (Å²) in [6, 6.07) is 4.57. The second-order valence-corrected chi connectivity index (χ2v) is 5.59. The molecule has 0 bridgehead atoms. The number of aliphatic imine (C=N–C) groups is 1. The van der Waals surface area contributed by atoms with Crippen LogP contribution in [0.3, 0.4) is 0 Å². The summed E-state index contributed by atoms with van der Waals surface area (Å²) >= 11 is 3.14. The molecule has 0 saturated carbocycles. The molecule has 3 rings (SSSR count). The van der Waals surface area contributed by atoms with E-state index in [0.717, 1.165) is 0 Å². The van der Waals surface area contributed by atoms with Crippen molar-refractivity contribution in [3.63, 3.8) is 0 Å². The Morgan fingerprint density at radius 2 is 2.30 bits per heavy atom. The minimum Gasteiger partial charge on any atom is -0.392 e. The van der Waals surface area contributed by atoms with Gasteiger partial charge in [0, 0.05) is 18.0 Å². The summed E-state index contributed by atoms with van der Waals surface area (Å²) in [6.07, 6.45) is 4.36. The number of ether oxygens (including phenoxy) is 1. The van der Waals surface area contributed by atoms with E-state index >= 15 is 0 Å². The maximum Gasteiger partial charge on any atom is 0.225 e. The van der Waals surface area contributed by atoms with Gasteiger partial charge in [-0.1, -0.05) is 5.21 Å². The van der Waals surface area contributed by atoms with E-state index in [4.69, 9.17) is 9.84 Å². The lowest BCUT2D eigenvalue weighted by molar-refractivity contribution is 0.0304. The topological polar surface area (TPSA) is 84.6 Å². The Balaban J connectivity index is 1.61. The van der Waals surface area contributed by atoms with Crippen molar-refractivity contribution >= 4 is 22.1 Å². The summed E-state index contributed by atoms with van der Waals surface area (Å²) in [7, 11) is 0. The highest BCUT2D eigenvalue weighted by Gasteiger charge is 2.11. The van der Waals surface area contributed by atoms with Crippen LogP contribution in [0.2, 0.25) is 0 Å². The number of hydrogen-bond donors (Lipinski definition) is 2. The molecule has 9 heteroatoms. The predicted octanol–water partition coefficient (Wildman–Crippen LogP) is 1.52. The Labute approximate surface area is 139 Å². The zero-order valence-corrected chi connectivity index (χ0v) is 13.4. The van der Waals surface area contributed by atoms with E-state index in [9.17, 15) is 4.39 Å². The van der Waals surface area contributed by atoms with Gasteiger partial charge in [-0.05, 0) is 34.1 Å². The van der Waals surface area contributed by atoms with E-state index < -0.39 is 6.35 Å². The van der Waals surface area contributed by atoms with E-state index in [2.05, 4.69) is 36.6 Å². The third kappa shape index (κ3) is 3.81. The van der Waals surface area contributed by atoms with E-state index in [-0.39, 0.29) is 19.0 Å². The van der Waals surface area contributed by atoms with E-state index in [1.807, 2.05) is 0 Å². The average molecular weight is 382 g/mol. The normalized spacial score (nSPS) is 17.0. The van der Waals surface area contributed by atoms with Crippen molar-refractivity contribution in [2.45, 2.75) is 13.0 Å². The van der Waals surface area contributed by atoms with Gasteiger partial charge < -0.3 is 15.2 Å². The molecular weight excluding hydrogens is 369 g/mol. The van der Waals surface area contributed by atoms with Crippen LogP contribution in [-0.4, -0.2) is 39.3 Å². The summed E-state index contributed by atoms with van der Waals surface area (Å²) in [5.74, 6) is -0.339. The van der Waals surface area contributed by atoms with Crippen molar-refractivity contribution in [1.29, 1.82) is 0 Å². The fourth-order valence-electron chi connectivity index (χ4n) is 1.88.